The maximum atomic E-state index is 13.3. The van der Waals surface area contributed by atoms with Crippen LogP contribution in [0.5, 0.6) is 0 Å². The maximum absolute atomic E-state index is 13.3. The standard InChI is InChI=1S/C22H25FN2O2/c1-3-25(4-2)20(26)16-7-5-8-19(15-16)24-21(27)22(13-6-14-22)17-9-11-18(23)12-10-17/h5,7-12,15H,3-4,6,13-14H2,1-2H3,(H,24,27). The van der Waals surface area contributed by atoms with Crippen molar-refractivity contribution in [2.75, 3.05) is 18.4 Å². The zero-order valence-corrected chi connectivity index (χ0v) is 15.8. The van der Waals surface area contributed by atoms with Crippen LogP contribution in [0.2, 0.25) is 0 Å². The molecule has 0 aromatic heterocycles. The summed E-state index contributed by atoms with van der Waals surface area (Å²) in [6.45, 7) is 5.16. The molecule has 0 aliphatic heterocycles. The van der Waals surface area contributed by atoms with E-state index in [1.165, 1.54) is 12.1 Å². The molecule has 3 rings (SSSR count). The molecule has 27 heavy (non-hydrogen) atoms. The minimum absolute atomic E-state index is 0.0482. The predicted molar refractivity (Wildman–Crippen MR) is 104 cm³/mol. The Labute approximate surface area is 159 Å². The maximum Gasteiger partial charge on any atom is 0.253 e. The fourth-order valence-corrected chi connectivity index (χ4v) is 3.62. The number of rotatable bonds is 6. The molecule has 0 bridgehead atoms. The Morgan fingerprint density at radius 3 is 2.30 bits per heavy atom. The first kappa shape index (κ1) is 19.1. The van der Waals surface area contributed by atoms with Gasteiger partial charge in [0.2, 0.25) is 5.91 Å². The third kappa shape index (κ3) is 3.72. The van der Waals surface area contributed by atoms with Crippen LogP contribution in [0.15, 0.2) is 48.5 Å². The molecule has 5 heteroatoms. The molecule has 0 heterocycles. The minimum Gasteiger partial charge on any atom is -0.339 e. The summed E-state index contributed by atoms with van der Waals surface area (Å²) in [5, 5.41) is 2.96. The number of carbonyl (C=O) groups excluding carboxylic acids is 2. The Bertz CT molecular complexity index is 824. The zero-order chi connectivity index (χ0) is 19.4. The van der Waals surface area contributed by atoms with Crippen LogP contribution in [-0.4, -0.2) is 29.8 Å². The van der Waals surface area contributed by atoms with Gasteiger partial charge in [-0.3, -0.25) is 9.59 Å². The molecule has 1 aliphatic carbocycles. The topological polar surface area (TPSA) is 49.4 Å². The molecule has 4 nitrogen and oxygen atoms in total. The van der Waals surface area contributed by atoms with Crippen molar-refractivity contribution in [3.05, 3.63) is 65.5 Å². The molecule has 0 radical (unpaired) electrons. The molecule has 0 saturated heterocycles. The van der Waals surface area contributed by atoms with E-state index in [0.717, 1.165) is 24.8 Å². The Morgan fingerprint density at radius 2 is 1.74 bits per heavy atom. The van der Waals surface area contributed by atoms with Crippen LogP contribution < -0.4 is 5.32 Å². The average molecular weight is 368 g/mol. The number of benzene rings is 2. The molecule has 1 aliphatic rings. The number of carbonyl (C=O) groups is 2. The lowest BCUT2D eigenvalue weighted by atomic mass is 9.64. The van der Waals surface area contributed by atoms with Crippen LogP contribution in [0.4, 0.5) is 10.1 Å². The van der Waals surface area contributed by atoms with Crippen LogP contribution in [0.1, 0.15) is 49.0 Å². The van der Waals surface area contributed by atoms with Gasteiger partial charge >= 0.3 is 0 Å². The molecule has 2 aromatic rings. The van der Waals surface area contributed by atoms with Crippen molar-refractivity contribution in [1.29, 1.82) is 0 Å². The van der Waals surface area contributed by atoms with Gasteiger partial charge in [0.05, 0.1) is 5.41 Å². The van der Waals surface area contributed by atoms with Crippen LogP contribution in [-0.2, 0) is 10.2 Å². The summed E-state index contributed by atoms with van der Waals surface area (Å²) in [5.74, 6) is -0.461. The van der Waals surface area contributed by atoms with Crippen LogP contribution in [0.25, 0.3) is 0 Å². The van der Waals surface area contributed by atoms with Crippen LogP contribution in [0, 0.1) is 5.82 Å². The molecule has 2 amide bonds. The van der Waals surface area contributed by atoms with Gasteiger partial charge in [0.15, 0.2) is 0 Å². The van der Waals surface area contributed by atoms with Crippen molar-refractivity contribution >= 4 is 17.5 Å². The van der Waals surface area contributed by atoms with Gasteiger partial charge in [-0.15, -0.1) is 0 Å². The van der Waals surface area contributed by atoms with Gasteiger partial charge in [0.1, 0.15) is 5.82 Å². The van der Waals surface area contributed by atoms with E-state index in [2.05, 4.69) is 5.32 Å². The van der Waals surface area contributed by atoms with Gasteiger partial charge in [-0.2, -0.15) is 0 Å². The second-order valence-electron chi connectivity index (χ2n) is 6.95. The molecular formula is C22H25FN2O2. The van der Waals surface area contributed by atoms with Crippen LogP contribution >= 0.6 is 0 Å². The lowest BCUT2D eigenvalue weighted by molar-refractivity contribution is -0.124. The van der Waals surface area contributed by atoms with Gasteiger partial charge in [-0.25, -0.2) is 4.39 Å². The SMILES string of the molecule is CCN(CC)C(=O)c1cccc(NC(=O)C2(c3ccc(F)cc3)CCC2)c1. The minimum atomic E-state index is -0.618. The summed E-state index contributed by atoms with van der Waals surface area (Å²) in [5.41, 5.74) is 1.38. The van der Waals surface area contributed by atoms with E-state index < -0.39 is 5.41 Å². The zero-order valence-electron chi connectivity index (χ0n) is 15.8. The Hall–Kier alpha value is -2.69. The van der Waals surface area contributed by atoms with Crippen molar-refractivity contribution in [1.82, 2.24) is 4.90 Å². The smallest absolute Gasteiger partial charge is 0.253 e. The third-order valence-corrected chi connectivity index (χ3v) is 5.46. The van der Waals surface area contributed by atoms with Gasteiger partial charge < -0.3 is 10.2 Å². The number of nitrogens with one attached hydrogen (secondary N) is 1. The largest absolute Gasteiger partial charge is 0.339 e. The summed E-state index contributed by atoms with van der Waals surface area (Å²) in [6, 6.07) is 13.2. The van der Waals surface area contributed by atoms with Gasteiger partial charge in [0, 0.05) is 24.3 Å². The highest BCUT2D eigenvalue weighted by atomic mass is 19.1. The number of hydrogen-bond donors (Lipinski definition) is 1. The number of amides is 2. The second-order valence-corrected chi connectivity index (χ2v) is 6.95. The van der Waals surface area contributed by atoms with E-state index >= 15 is 0 Å². The van der Waals surface area contributed by atoms with E-state index in [1.54, 1.807) is 41.3 Å². The van der Waals surface area contributed by atoms with Crippen molar-refractivity contribution in [3.8, 4) is 0 Å². The van der Waals surface area contributed by atoms with Crippen molar-refractivity contribution in [2.24, 2.45) is 0 Å². The molecular weight excluding hydrogens is 343 g/mol. The third-order valence-electron chi connectivity index (χ3n) is 5.46. The molecule has 1 N–H and O–H groups in total. The first-order chi connectivity index (χ1) is 13.0. The van der Waals surface area contributed by atoms with Crippen LogP contribution in [0.3, 0.4) is 0 Å². The molecule has 142 valence electrons. The average Bonchev–Trinajstić information content (AvgIpc) is 2.63. The predicted octanol–water partition coefficient (Wildman–Crippen LogP) is 4.37. The Morgan fingerprint density at radius 1 is 1.07 bits per heavy atom. The summed E-state index contributed by atoms with van der Waals surface area (Å²) < 4.78 is 13.3. The van der Waals surface area contributed by atoms with Crippen molar-refractivity contribution in [2.45, 2.75) is 38.5 Å². The quantitative estimate of drug-likeness (QED) is 0.823. The van der Waals surface area contributed by atoms with E-state index in [9.17, 15) is 14.0 Å². The normalized spacial score (nSPS) is 14.9. The van der Waals surface area contributed by atoms with Gasteiger partial charge in [0.25, 0.3) is 5.91 Å². The number of halogens is 1. The molecule has 1 fully saturated rings. The lowest BCUT2D eigenvalue weighted by Gasteiger charge is -2.40. The highest BCUT2D eigenvalue weighted by Crippen LogP contribution is 2.44. The van der Waals surface area contributed by atoms with E-state index in [1.807, 2.05) is 13.8 Å². The number of nitrogens with zero attached hydrogens (tertiary/aromatic N) is 1. The molecule has 1 saturated carbocycles. The second kappa shape index (κ2) is 7.91. The van der Waals surface area contributed by atoms with E-state index in [-0.39, 0.29) is 17.6 Å². The van der Waals surface area contributed by atoms with Gasteiger partial charge in [-0.05, 0) is 62.6 Å². The van der Waals surface area contributed by atoms with E-state index in [0.29, 0.717) is 24.3 Å². The monoisotopic (exact) mass is 368 g/mol. The highest BCUT2D eigenvalue weighted by Gasteiger charge is 2.45. The van der Waals surface area contributed by atoms with Gasteiger partial charge in [-0.1, -0.05) is 24.6 Å². The molecule has 0 unspecified atom stereocenters. The van der Waals surface area contributed by atoms with Crippen molar-refractivity contribution in [3.63, 3.8) is 0 Å². The molecule has 0 atom stereocenters. The first-order valence-corrected chi connectivity index (χ1v) is 9.47. The number of hydrogen-bond acceptors (Lipinski definition) is 2. The van der Waals surface area contributed by atoms with Crippen molar-refractivity contribution < 1.29 is 14.0 Å². The lowest BCUT2D eigenvalue weighted by Crippen LogP contribution is -2.46. The summed E-state index contributed by atoms with van der Waals surface area (Å²) in [4.78, 5) is 27.3. The summed E-state index contributed by atoms with van der Waals surface area (Å²) >= 11 is 0. The molecule has 0 spiro atoms. The summed E-state index contributed by atoms with van der Waals surface area (Å²) in [7, 11) is 0. The Kier molecular flexibility index (Phi) is 5.59. The van der Waals surface area contributed by atoms with E-state index in [4.69, 9.17) is 0 Å². The Balaban J connectivity index is 1.80. The highest BCUT2D eigenvalue weighted by molar-refractivity contribution is 6.01. The fraction of sp³-hybridized carbons (Fsp3) is 0.364. The fourth-order valence-electron chi connectivity index (χ4n) is 3.62. The molecule has 2 aromatic carbocycles. The number of anilines is 1. The summed E-state index contributed by atoms with van der Waals surface area (Å²) in [6.07, 6.45) is 2.44. The first-order valence-electron chi connectivity index (χ1n) is 9.47.